The Kier molecular flexibility index (Phi) is 4.65. The summed E-state index contributed by atoms with van der Waals surface area (Å²) in [6, 6.07) is 5.29. The van der Waals surface area contributed by atoms with Gasteiger partial charge in [-0.2, -0.15) is 0 Å². The Balaban J connectivity index is 2.54. The van der Waals surface area contributed by atoms with Gasteiger partial charge in [0.05, 0.1) is 24.7 Å². The number of rotatable bonds is 4. The molecule has 0 atom stereocenters. The zero-order chi connectivity index (χ0) is 14.0. The molecule has 0 aliphatic heterocycles. The Morgan fingerprint density at radius 1 is 1.16 bits per heavy atom. The van der Waals surface area contributed by atoms with Crippen molar-refractivity contribution in [2.24, 2.45) is 0 Å². The molecule has 19 heavy (non-hydrogen) atoms. The van der Waals surface area contributed by atoms with Gasteiger partial charge in [0.1, 0.15) is 16.0 Å². The zero-order valence-corrected chi connectivity index (χ0v) is 14.2. The molecule has 0 unspecified atom stereocenters. The van der Waals surface area contributed by atoms with Crippen LogP contribution in [-0.2, 0) is 0 Å². The minimum atomic E-state index is -0.0814. The van der Waals surface area contributed by atoms with Crippen molar-refractivity contribution in [2.75, 3.05) is 14.2 Å². The Labute approximate surface area is 131 Å². The molecule has 0 aliphatic rings. The van der Waals surface area contributed by atoms with Gasteiger partial charge < -0.3 is 9.47 Å². The van der Waals surface area contributed by atoms with E-state index in [-0.39, 0.29) is 5.78 Å². The van der Waals surface area contributed by atoms with Crippen molar-refractivity contribution in [1.82, 2.24) is 0 Å². The molecule has 6 heteroatoms. The van der Waals surface area contributed by atoms with Gasteiger partial charge in [0.15, 0.2) is 0 Å². The number of benzene rings is 1. The maximum Gasteiger partial charge on any atom is 0.207 e. The number of carbonyl (C=O) groups excluding carboxylic acids is 1. The number of carbonyl (C=O) groups is 1. The molecule has 0 bridgehead atoms. The highest BCUT2D eigenvalue weighted by atomic mass is 79.9. The van der Waals surface area contributed by atoms with Crippen LogP contribution in [0, 0.1) is 0 Å². The molecule has 0 saturated carbocycles. The van der Waals surface area contributed by atoms with Gasteiger partial charge in [-0.25, -0.2) is 0 Å². The van der Waals surface area contributed by atoms with Crippen molar-refractivity contribution in [3.8, 4) is 11.5 Å². The standard InChI is InChI=1S/C13H10Br2O3S/c1-17-9-4-3-7(12(18-2)10(9)15)11(16)13-8(14)5-6-19-13/h3-6H,1-2H3. The fourth-order valence-electron chi connectivity index (χ4n) is 1.65. The fourth-order valence-corrected chi connectivity index (χ4v) is 3.83. The van der Waals surface area contributed by atoms with E-state index in [9.17, 15) is 4.79 Å². The van der Waals surface area contributed by atoms with Crippen molar-refractivity contribution in [1.29, 1.82) is 0 Å². The average molecular weight is 406 g/mol. The third-order valence-electron chi connectivity index (χ3n) is 2.55. The van der Waals surface area contributed by atoms with E-state index in [0.29, 0.717) is 26.4 Å². The molecule has 0 saturated heterocycles. The second-order valence-corrected chi connectivity index (χ2v) is 6.15. The van der Waals surface area contributed by atoms with Crippen LogP contribution in [0.15, 0.2) is 32.5 Å². The third kappa shape index (κ3) is 2.70. The molecular formula is C13H10Br2O3S. The first-order valence-corrected chi connectivity index (χ1v) is 7.75. The largest absolute Gasteiger partial charge is 0.495 e. The molecular weight excluding hydrogens is 396 g/mol. The maximum absolute atomic E-state index is 12.5. The molecule has 0 fully saturated rings. The summed E-state index contributed by atoms with van der Waals surface area (Å²) in [6.45, 7) is 0. The highest BCUT2D eigenvalue weighted by Gasteiger charge is 2.21. The lowest BCUT2D eigenvalue weighted by molar-refractivity contribution is 0.103. The van der Waals surface area contributed by atoms with Crippen LogP contribution < -0.4 is 9.47 Å². The van der Waals surface area contributed by atoms with Gasteiger partial charge in [-0.1, -0.05) is 0 Å². The molecule has 1 aromatic carbocycles. The van der Waals surface area contributed by atoms with E-state index in [4.69, 9.17) is 9.47 Å². The molecule has 0 amide bonds. The van der Waals surface area contributed by atoms with E-state index < -0.39 is 0 Å². The van der Waals surface area contributed by atoms with Crippen molar-refractivity contribution in [2.45, 2.75) is 0 Å². The van der Waals surface area contributed by atoms with Gasteiger partial charge >= 0.3 is 0 Å². The monoisotopic (exact) mass is 404 g/mol. The van der Waals surface area contributed by atoms with Crippen LogP contribution in [-0.4, -0.2) is 20.0 Å². The van der Waals surface area contributed by atoms with Crippen LogP contribution in [0.1, 0.15) is 15.2 Å². The SMILES string of the molecule is COc1ccc(C(=O)c2sccc2Br)c(OC)c1Br. The van der Waals surface area contributed by atoms with E-state index in [1.807, 2.05) is 11.4 Å². The van der Waals surface area contributed by atoms with Gasteiger partial charge in [-0.05, 0) is 55.4 Å². The van der Waals surface area contributed by atoms with Crippen LogP contribution in [0.4, 0.5) is 0 Å². The molecule has 3 nitrogen and oxygen atoms in total. The lowest BCUT2D eigenvalue weighted by Crippen LogP contribution is -2.04. The number of thiophene rings is 1. The average Bonchev–Trinajstić information content (AvgIpc) is 2.83. The molecule has 0 N–H and O–H groups in total. The lowest BCUT2D eigenvalue weighted by Gasteiger charge is -2.12. The molecule has 1 heterocycles. The van der Waals surface area contributed by atoms with Crippen LogP contribution in [0.3, 0.4) is 0 Å². The third-order valence-corrected chi connectivity index (χ3v) is 5.14. The van der Waals surface area contributed by atoms with Gasteiger partial charge in [0.2, 0.25) is 5.78 Å². The van der Waals surface area contributed by atoms with E-state index >= 15 is 0 Å². The van der Waals surface area contributed by atoms with Crippen molar-refractivity contribution in [3.05, 3.63) is 43.0 Å². The van der Waals surface area contributed by atoms with Gasteiger partial charge in [-0.15, -0.1) is 11.3 Å². The number of halogens is 2. The second kappa shape index (κ2) is 6.07. The molecule has 0 spiro atoms. The molecule has 2 rings (SSSR count). The topological polar surface area (TPSA) is 35.5 Å². The van der Waals surface area contributed by atoms with Gasteiger partial charge in [0, 0.05) is 4.47 Å². The fraction of sp³-hybridized carbons (Fsp3) is 0.154. The van der Waals surface area contributed by atoms with Gasteiger partial charge in [0.25, 0.3) is 0 Å². The number of ether oxygens (including phenoxy) is 2. The van der Waals surface area contributed by atoms with E-state index in [2.05, 4.69) is 31.9 Å². The normalized spacial score (nSPS) is 10.3. The molecule has 1 aromatic heterocycles. The quantitative estimate of drug-likeness (QED) is 0.701. The first-order chi connectivity index (χ1) is 9.10. The van der Waals surface area contributed by atoms with Crippen molar-refractivity contribution in [3.63, 3.8) is 0 Å². The summed E-state index contributed by atoms with van der Waals surface area (Å²) in [7, 11) is 3.09. The molecule has 0 radical (unpaired) electrons. The minimum absolute atomic E-state index is 0.0814. The van der Waals surface area contributed by atoms with Crippen LogP contribution in [0.25, 0.3) is 0 Å². The molecule has 0 aliphatic carbocycles. The smallest absolute Gasteiger partial charge is 0.207 e. The summed E-state index contributed by atoms with van der Waals surface area (Å²) in [5, 5.41) is 1.86. The minimum Gasteiger partial charge on any atom is -0.495 e. The first kappa shape index (κ1) is 14.6. The number of hydrogen-bond donors (Lipinski definition) is 0. The summed E-state index contributed by atoms with van der Waals surface area (Å²) < 4.78 is 11.9. The van der Waals surface area contributed by atoms with E-state index in [1.54, 1.807) is 19.2 Å². The summed E-state index contributed by atoms with van der Waals surface area (Å²) in [5.74, 6) is 1.02. The Morgan fingerprint density at radius 3 is 2.42 bits per heavy atom. The van der Waals surface area contributed by atoms with E-state index in [0.717, 1.165) is 4.47 Å². The highest BCUT2D eigenvalue weighted by molar-refractivity contribution is 9.11. The van der Waals surface area contributed by atoms with Crippen molar-refractivity contribution >= 4 is 49.0 Å². The number of methoxy groups -OCH3 is 2. The van der Waals surface area contributed by atoms with Crippen LogP contribution in [0.5, 0.6) is 11.5 Å². The maximum atomic E-state index is 12.5. The predicted octanol–water partition coefficient (Wildman–Crippen LogP) is 4.52. The number of ketones is 1. The van der Waals surface area contributed by atoms with Crippen LogP contribution in [0.2, 0.25) is 0 Å². The van der Waals surface area contributed by atoms with E-state index in [1.165, 1.54) is 18.4 Å². The predicted molar refractivity (Wildman–Crippen MR) is 82.7 cm³/mol. The zero-order valence-electron chi connectivity index (χ0n) is 10.2. The molecule has 2 aromatic rings. The Bertz CT molecular complexity index is 622. The summed E-state index contributed by atoms with van der Waals surface area (Å²) in [5.41, 5.74) is 0.498. The molecule has 100 valence electrons. The van der Waals surface area contributed by atoms with Crippen molar-refractivity contribution < 1.29 is 14.3 Å². The highest BCUT2D eigenvalue weighted by Crippen LogP contribution is 2.39. The Hall–Kier alpha value is -0.850. The summed E-state index contributed by atoms with van der Waals surface area (Å²) >= 11 is 8.15. The summed E-state index contributed by atoms with van der Waals surface area (Å²) in [6.07, 6.45) is 0. The summed E-state index contributed by atoms with van der Waals surface area (Å²) in [4.78, 5) is 13.1. The number of hydrogen-bond acceptors (Lipinski definition) is 4. The Morgan fingerprint density at radius 2 is 1.89 bits per heavy atom. The van der Waals surface area contributed by atoms with Gasteiger partial charge in [-0.3, -0.25) is 4.79 Å². The lowest BCUT2D eigenvalue weighted by atomic mass is 10.1. The van der Waals surface area contributed by atoms with Crippen LogP contribution >= 0.6 is 43.2 Å². The second-order valence-electron chi connectivity index (χ2n) is 3.59. The first-order valence-electron chi connectivity index (χ1n) is 5.28.